The lowest BCUT2D eigenvalue weighted by Crippen LogP contribution is -2.10. The number of rotatable bonds is 3. The molecule has 0 saturated heterocycles. The highest BCUT2D eigenvalue weighted by Crippen LogP contribution is 2.18. The molecule has 1 unspecified atom stereocenters. The van der Waals surface area contributed by atoms with Crippen molar-refractivity contribution in [1.82, 2.24) is 9.55 Å². The number of nitrogens with two attached hydrogens (primary N) is 1. The van der Waals surface area contributed by atoms with Crippen LogP contribution < -0.4 is 5.73 Å². The zero-order valence-corrected chi connectivity index (χ0v) is 8.73. The predicted molar refractivity (Wildman–Crippen MR) is 56.1 cm³/mol. The van der Waals surface area contributed by atoms with E-state index in [0.29, 0.717) is 6.42 Å². The Kier molecular flexibility index (Phi) is 3.34. The van der Waals surface area contributed by atoms with Gasteiger partial charge in [0.25, 0.3) is 0 Å². The number of anilines is 1. The van der Waals surface area contributed by atoms with E-state index in [1.165, 1.54) is 13.4 Å². The average molecular weight is 207 g/mol. The van der Waals surface area contributed by atoms with E-state index in [0.717, 1.165) is 0 Å². The summed E-state index contributed by atoms with van der Waals surface area (Å²) in [6.07, 6.45) is 7.21. The number of methoxy groups -OCH3 is 1. The number of nitrogen functional groups attached to an aromatic ring is 1. The van der Waals surface area contributed by atoms with E-state index < -0.39 is 5.97 Å². The van der Waals surface area contributed by atoms with Crippen molar-refractivity contribution in [2.45, 2.75) is 19.4 Å². The van der Waals surface area contributed by atoms with Crippen LogP contribution in [0.3, 0.4) is 0 Å². The van der Waals surface area contributed by atoms with Gasteiger partial charge < -0.3 is 15.0 Å². The molecule has 5 nitrogen and oxygen atoms in total. The molecule has 1 rings (SSSR count). The molecule has 1 aromatic heterocycles. The zero-order chi connectivity index (χ0) is 11.4. The lowest BCUT2D eigenvalue weighted by atomic mass is 10.2. The number of nitrogens with zero attached hydrogens (tertiary/aromatic N) is 2. The van der Waals surface area contributed by atoms with Gasteiger partial charge in [0.1, 0.15) is 5.82 Å². The van der Waals surface area contributed by atoms with Gasteiger partial charge in [0.15, 0.2) is 5.69 Å². The molecule has 0 aliphatic rings. The standard InChI is InChI=1S/C10H13N3O2/c1-4-5-7(2)13-6-12-8(9(13)11)10(14)15-3/h1,6-7H,5,11H2,2-3H3. The molecule has 1 aromatic rings. The topological polar surface area (TPSA) is 70.1 Å². The van der Waals surface area contributed by atoms with Gasteiger partial charge in [-0.15, -0.1) is 12.3 Å². The van der Waals surface area contributed by atoms with E-state index in [2.05, 4.69) is 15.6 Å². The number of aromatic nitrogens is 2. The minimum Gasteiger partial charge on any atom is -0.464 e. The van der Waals surface area contributed by atoms with Gasteiger partial charge in [0.05, 0.1) is 13.4 Å². The molecule has 0 spiro atoms. The number of esters is 1. The van der Waals surface area contributed by atoms with E-state index in [-0.39, 0.29) is 17.6 Å². The minimum atomic E-state index is -0.542. The van der Waals surface area contributed by atoms with E-state index in [1.54, 1.807) is 4.57 Å². The molecule has 0 aromatic carbocycles. The summed E-state index contributed by atoms with van der Waals surface area (Å²) in [6.45, 7) is 1.90. The number of imidazole rings is 1. The Balaban J connectivity index is 2.99. The first kappa shape index (κ1) is 11.1. The Labute approximate surface area is 88.2 Å². The Bertz CT molecular complexity index is 403. The maximum absolute atomic E-state index is 11.2. The molecule has 80 valence electrons. The molecule has 0 radical (unpaired) electrons. The molecule has 2 N–H and O–H groups in total. The lowest BCUT2D eigenvalue weighted by Gasteiger charge is -2.11. The second-order valence-corrected chi connectivity index (χ2v) is 3.13. The van der Waals surface area contributed by atoms with Crippen molar-refractivity contribution in [3.8, 4) is 12.3 Å². The lowest BCUT2D eigenvalue weighted by molar-refractivity contribution is 0.0596. The maximum Gasteiger partial charge on any atom is 0.360 e. The summed E-state index contributed by atoms with van der Waals surface area (Å²) >= 11 is 0. The molecule has 1 heterocycles. The van der Waals surface area contributed by atoms with Crippen LogP contribution in [0.5, 0.6) is 0 Å². The van der Waals surface area contributed by atoms with Crippen LogP contribution in [-0.2, 0) is 4.74 Å². The van der Waals surface area contributed by atoms with Gasteiger partial charge in [-0.25, -0.2) is 9.78 Å². The summed E-state index contributed by atoms with van der Waals surface area (Å²) in [6, 6.07) is 0.0147. The van der Waals surface area contributed by atoms with E-state index in [1.807, 2.05) is 6.92 Å². The molecule has 0 aliphatic carbocycles. The van der Waals surface area contributed by atoms with Crippen LogP contribution in [-0.4, -0.2) is 22.6 Å². The number of carbonyl (C=O) groups excluding carboxylic acids is 1. The van der Waals surface area contributed by atoms with E-state index in [4.69, 9.17) is 12.2 Å². The number of ether oxygens (including phenoxy) is 1. The van der Waals surface area contributed by atoms with Crippen LogP contribution >= 0.6 is 0 Å². The van der Waals surface area contributed by atoms with Crippen molar-refractivity contribution in [3.63, 3.8) is 0 Å². The van der Waals surface area contributed by atoms with Crippen molar-refractivity contribution in [1.29, 1.82) is 0 Å². The summed E-state index contributed by atoms with van der Waals surface area (Å²) in [5.74, 6) is 2.26. The molecule has 0 saturated carbocycles. The first-order chi connectivity index (χ1) is 7.11. The quantitative estimate of drug-likeness (QED) is 0.589. The van der Waals surface area contributed by atoms with Gasteiger partial charge in [0.2, 0.25) is 0 Å². The Morgan fingerprint density at radius 2 is 2.53 bits per heavy atom. The average Bonchev–Trinajstić information content (AvgIpc) is 2.59. The molecule has 15 heavy (non-hydrogen) atoms. The Morgan fingerprint density at radius 1 is 1.87 bits per heavy atom. The smallest absolute Gasteiger partial charge is 0.360 e. The third-order valence-electron chi connectivity index (χ3n) is 2.10. The Morgan fingerprint density at radius 3 is 3.07 bits per heavy atom. The van der Waals surface area contributed by atoms with Crippen LogP contribution in [0.15, 0.2) is 6.33 Å². The monoisotopic (exact) mass is 207 g/mol. The first-order valence-corrected chi connectivity index (χ1v) is 4.45. The van der Waals surface area contributed by atoms with Gasteiger partial charge in [-0.2, -0.15) is 0 Å². The van der Waals surface area contributed by atoms with Crippen molar-refractivity contribution in [3.05, 3.63) is 12.0 Å². The highest BCUT2D eigenvalue weighted by Gasteiger charge is 2.18. The van der Waals surface area contributed by atoms with E-state index in [9.17, 15) is 4.79 Å². The molecule has 0 bridgehead atoms. The summed E-state index contributed by atoms with van der Waals surface area (Å²) in [4.78, 5) is 15.1. The molecular weight excluding hydrogens is 194 g/mol. The van der Waals surface area contributed by atoms with Gasteiger partial charge >= 0.3 is 5.97 Å². The third kappa shape index (κ3) is 2.10. The molecule has 0 amide bonds. The number of hydrogen-bond donors (Lipinski definition) is 1. The summed E-state index contributed by atoms with van der Waals surface area (Å²) in [7, 11) is 1.28. The van der Waals surface area contributed by atoms with Crippen LogP contribution in [0.25, 0.3) is 0 Å². The van der Waals surface area contributed by atoms with Crippen molar-refractivity contribution >= 4 is 11.8 Å². The van der Waals surface area contributed by atoms with Crippen molar-refractivity contribution < 1.29 is 9.53 Å². The molecule has 0 aliphatic heterocycles. The molecular formula is C10H13N3O2. The minimum absolute atomic E-state index is 0.0147. The molecule has 0 fully saturated rings. The van der Waals surface area contributed by atoms with E-state index >= 15 is 0 Å². The normalized spacial score (nSPS) is 11.8. The fraction of sp³-hybridized carbons (Fsp3) is 0.400. The second-order valence-electron chi connectivity index (χ2n) is 3.13. The predicted octanol–water partition coefficient (Wildman–Crippen LogP) is 0.836. The van der Waals surface area contributed by atoms with Gasteiger partial charge in [0, 0.05) is 12.5 Å². The summed E-state index contributed by atoms with van der Waals surface area (Å²) < 4.78 is 6.19. The largest absolute Gasteiger partial charge is 0.464 e. The fourth-order valence-electron chi connectivity index (χ4n) is 1.24. The van der Waals surface area contributed by atoms with Crippen LogP contribution in [0, 0.1) is 12.3 Å². The number of hydrogen-bond acceptors (Lipinski definition) is 4. The SMILES string of the molecule is C#CCC(C)n1cnc(C(=O)OC)c1N. The van der Waals surface area contributed by atoms with Gasteiger partial charge in [-0.05, 0) is 6.92 Å². The van der Waals surface area contributed by atoms with Crippen LogP contribution in [0.4, 0.5) is 5.82 Å². The summed E-state index contributed by atoms with van der Waals surface area (Å²) in [5.41, 5.74) is 5.87. The number of terminal acetylenes is 1. The summed E-state index contributed by atoms with van der Waals surface area (Å²) in [5, 5.41) is 0. The third-order valence-corrected chi connectivity index (χ3v) is 2.10. The van der Waals surface area contributed by atoms with Crippen LogP contribution in [0.2, 0.25) is 0 Å². The highest BCUT2D eigenvalue weighted by atomic mass is 16.5. The fourth-order valence-corrected chi connectivity index (χ4v) is 1.24. The van der Waals surface area contributed by atoms with Gasteiger partial charge in [-0.1, -0.05) is 0 Å². The van der Waals surface area contributed by atoms with Crippen molar-refractivity contribution in [2.24, 2.45) is 0 Å². The zero-order valence-electron chi connectivity index (χ0n) is 8.73. The van der Waals surface area contributed by atoms with Crippen LogP contribution in [0.1, 0.15) is 29.9 Å². The van der Waals surface area contributed by atoms with Crippen molar-refractivity contribution in [2.75, 3.05) is 12.8 Å². The van der Waals surface area contributed by atoms with Gasteiger partial charge in [-0.3, -0.25) is 0 Å². The first-order valence-electron chi connectivity index (χ1n) is 4.45. The molecule has 5 heteroatoms. The molecule has 1 atom stereocenters. The second kappa shape index (κ2) is 4.51. The Hall–Kier alpha value is -1.96. The number of carbonyl (C=O) groups is 1. The maximum atomic E-state index is 11.2. The highest BCUT2D eigenvalue weighted by molar-refractivity contribution is 5.92.